The highest BCUT2D eigenvalue weighted by atomic mass is 19.1. The van der Waals surface area contributed by atoms with Gasteiger partial charge in [-0.25, -0.2) is 4.39 Å². The second-order valence-electron chi connectivity index (χ2n) is 7.38. The lowest BCUT2D eigenvalue weighted by Crippen LogP contribution is -2.30. The van der Waals surface area contributed by atoms with Crippen LogP contribution in [-0.2, 0) is 16.0 Å². The standard InChI is InChI=1S/C21H28FN3O3/c1-3-27-20(26)10-12-25(14-16-7-8-16)11-4-5-19-23-21(24-28-19)17-9-6-15(2)18(22)13-17/h6,9,13,16H,3-5,7-8,10-12,14H2,1-2H3. The van der Waals surface area contributed by atoms with E-state index in [9.17, 15) is 9.18 Å². The van der Waals surface area contributed by atoms with Crippen LogP contribution in [0.3, 0.4) is 0 Å². The maximum atomic E-state index is 13.7. The third-order valence-corrected chi connectivity index (χ3v) is 4.91. The number of nitrogens with zero attached hydrogens (tertiary/aromatic N) is 3. The van der Waals surface area contributed by atoms with Crippen LogP contribution in [0.1, 0.15) is 44.1 Å². The minimum atomic E-state index is -0.277. The molecule has 1 aromatic heterocycles. The second kappa shape index (κ2) is 9.78. The van der Waals surface area contributed by atoms with Gasteiger partial charge in [-0.05, 0) is 57.2 Å². The van der Waals surface area contributed by atoms with E-state index in [-0.39, 0.29) is 11.8 Å². The van der Waals surface area contributed by atoms with E-state index in [0.29, 0.717) is 48.8 Å². The van der Waals surface area contributed by atoms with E-state index in [1.165, 1.54) is 18.9 Å². The first-order chi connectivity index (χ1) is 13.5. The Morgan fingerprint density at radius 1 is 1.36 bits per heavy atom. The van der Waals surface area contributed by atoms with Crippen LogP contribution in [0.5, 0.6) is 0 Å². The molecule has 1 aliphatic rings. The molecule has 0 bridgehead atoms. The summed E-state index contributed by atoms with van der Waals surface area (Å²) in [5.74, 6) is 1.30. The van der Waals surface area contributed by atoms with Gasteiger partial charge < -0.3 is 14.2 Å². The topological polar surface area (TPSA) is 68.5 Å². The molecule has 0 atom stereocenters. The Morgan fingerprint density at radius 3 is 2.89 bits per heavy atom. The maximum absolute atomic E-state index is 13.7. The summed E-state index contributed by atoms with van der Waals surface area (Å²) in [7, 11) is 0. The van der Waals surface area contributed by atoms with Crippen molar-refractivity contribution >= 4 is 5.97 Å². The molecule has 6 nitrogen and oxygen atoms in total. The third kappa shape index (κ3) is 6.12. The first kappa shape index (κ1) is 20.5. The largest absolute Gasteiger partial charge is 0.466 e. The molecule has 1 fully saturated rings. The van der Waals surface area contributed by atoms with Crippen molar-refractivity contribution in [2.24, 2.45) is 5.92 Å². The van der Waals surface area contributed by atoms with Crippen LogP contribution in [0.4, 0.5) is 4.39 Å². The fraction of sp³-hybridized carbons (Fsp3) is 0.571. The highest BCUT2D eigenvalue weighted by Crippen LogP contribution is 2.29. The number of hydrogen-bond donors (Lipinski definition) is 0. The number of aromatic nitrogens is 2. The normalized spacial score (nSPS) is 13.9. The molecule has 0 unspecified atom stereocenters. The van der Waals surface area contributed by atoms with Crippen LogP contribution in [0, 0.1) is 18.7 Å². The van der Waals surface area contributed by atoms with Crippen LogP contribution >= 0.6 is 0 Å². The Balaban J connectivity index is 1.48. The zero-order chi connectivity index (χ0) is 19.9. The van der Waals surface area contributed by atoms with Crippen LogP contribution < -0.4 is 0 Å². The summed E-state index contributed by atoms with van der Waals surface area (Å²) >= 11 is 0. The first-order valence-electron chi connectivity index (χ1n) is 10.0. The summed E-state index contributed by atoms with van der Waals surface area (Å²) in [5.41, 5.74) is 1.20. The molecule has 0 spiro atoms. The van der Waals surface area contributed by atoms with Gasteiger partial charge in [0.25, 0.3) is 0 Å². The molecule has 0 saturated heterocycles. The zero-order valence-electron chi connectivity index (χ0n) is 16.6. The van der Waals surface area contributed by atoms with Crippen molar-refractivity contribution < 1.29 is 18.4 Å². The quantitative estimate of drug-likeness (QED) is 0.545. The van der Waals surface area contributed by atoms with Crippen LogP contribution in [0.15, 0.2) is 22.7 Å². The summed E-state index contributed by atoms with van der Waals surface area (Å²) < 4.78 is 24.1. The van der Waals surface area contributed by atoms with Crippen LogP contribution in [-0.4, -0.2) is 47.3 Å². The van der Waals surface area contributed by atoms with Gasteiger partial charge >= 0.3 is 5.97 Å². The predicted molar refractivity (Wildman–Crippen MR) is 103 cm³/mol. The van der Waals surface area contributed by atoms with Crippen LogP contribution in [0.25, 0.3) is 11.4 Å². The molecule has 0 radical (unpaired) electrons. The van der Waals surface area contributed by atoms with Crippen molar-refractivity contribution in [3.63, 3.8) is 0 Å². The number of ether oxygens (including phenoxy) is 1. The molecule has 1 saturated carbocycles. The van der Waals surface area contributed by atoms with Crippen molar-refractivity contribution in [3.8, 4) is 11.4 Å². The average molecular weight is 389 g/mol. The summed E-state index contributed by atoms with van der Waals surface area (Å²) in [6, 6.07) is 4.93. The summed E-state index contributed by atoms with van der Waals surface area (Å²) in [4.78, 5) is 18.3. The van der Waals surface area contributed by atoms with E-state index in [4.69, 9.17) is 9.26 Å². The lowest BCUT2D eigenvalue weighted by atomic mass is 10.1. The smallest absolute Gasteiger partial charge is 0.307 e. The molecule has 1 aliphatic carbocycles. The Hall–Kier alpha value is -2.28. The van der Waals surface area contributed by atoms with E-state index in [1.54, 1.807) is 19.1 Å². The van der Waals surface area contributed by atoms with Gasteiger partial charge in [0, 0.05) is 25.1 Å². The molecular weight excluding hydrogens is 361 g/mol. The maximum Gasteiger partial charge on any atom is 0.307 e. The second-order valence-corrected chi connectivity index (χ2v) is 7.38. The fourth-order valence-electron chi connectivity index (χ4n) is 3.10. The van der Waals surface area contributed by atoms with Crippen molar-refractivity contribution in [3.05, 3.63) is 35.5 Å². The Labute approximate surface area is 165 Å². The molecule has 1 heterocycles. The van der Waals surface area contributed by atoms with Gasteiger partial charge in [-0.3, -0.25) is 4.79 Å². The molecule has 0 aliphatic heterocycles. The summed E-state index contributed by atoms with van der Waals surface area (Å²) in [6.07, 6.45) is 4.48. The molecule has 152 valence electrons. The molecule has 0 N–H and O–H groups in total. The molecule has 1 aromatic carbocycles. The predicted octanol–water partition coefficient (Wildman–Crippen LogP) is 3.78. The highest BCUT2D eigenvalue weighted by molar-refractivity contribution is 5.69. The van der Waals surface area contributed by atoms with Gasteiger partial charge in [0.1, 0.15) is 5.82 Å². The van der Waals surface area contributed by atoms with E-state index < -0.39 is 0 Å². The van der Waals surface area contributed by atoms with Crippen LogP contribution in [0.2, 0.25) is 0 Å². The number of halogens is 1. The van der Waals surface area contributed by atoms with E-state index in [2.05, 4.69) is 15.0 Å². The lowest BCUT2D eigenvalue weighted by Gasteiger charge is -2.21. The minimum Gasteiger partial charge on any atom is -0.466 e. The monoisotopic (exact) mass is 389 g/mol. The number of rotatable bonds is 11. The molecule has 3 rings (SSSR count). The number of esters is 1. The lowest BCUT2D eigenvalue weighted by molar-refractivity contribution is -0.143. The van der Waals surface area contributed by atoms with Crippen molar-refractivity contribution in [1.29, 1.82) is 0 Å². The summed E-state index contributed by atoms with van der Waals surface area (Å²) in [5, 5.41) is 3.97. The van der Waals surface area contributed by atoms with E-state index in [0.717, 1.165) is 25.4 Å². The highest BCUT2D eigenvalue weighted by Gasteiger charge is 2.24. The van der Waals surface area contributed by atoms with E-state index >= 15 is 0 Å². The third-order valence-electron chi connectivity index (χ3n) is 4.91. The minimum absolute atomic E-state index is 0.143. The Morgan fingerprint density at radius 2 is 2.18 bits per heavy atom. The van der Waals surface area contributed by atoms with E-state index in [1.807, 2.05) is 6.92 Å². The van der Waals surface area contributed by atoms with Crippen molar-refractivity contribution in [2.75, 3.05) is 26.2 Å². The van der Waals surface area contributed by atoms with Crippen molar-refractivity contribution in [2.45, 2.75) is 46.0 Å². The molecule has 7 heteroatoms. The van der Waals surface area contributed by atoms with Gasteiger partial charge in [-0.15, -0.1) is 0 Å². The zero-order valence-corrected chi connectivity index (χ0v) is 16.6. The number of carbonyl (C=O) groups is 1. The van der Waals surface area contributed by atoms with Gasteiger partial charge in [-0.2, -0.15) is 4.98 Å². The summed E-state index contributed by atoms with van der Waals surface area (Å²) in [6.45, 7) is 6.57. The number of hydrogen-bond acceptors (Lipinski definition) is 6. The Bertz CT molecular complexity index is 789. The van der Waals surface area contributed by atoms with Gasteiger partial charge in [0.2, 0.25) is 11.7 Å². The average Bonchev–Trinajstić information content (AvgIpc) is 3.37. The number of benzene rings is 1. The van der Waals surface area contributed by atoms with Gasteiger partial charge in [0.15, 0.2) is 0 Å². The fourth-order valence-corrected chi connectivity index (χ4v) is 3.10. The molecular formula is C21H28FN3O3. The number of aryl methyl sites for hydroxylation is 2. The molecule has 2 aromatic rings. The van der Waals surface area contributed by atoms with Crippen molar-refractivity contribution in [1.82, 2.24) is 15.0 Å². The van der Waals surface area contributed by atoms with Gasteiger partial charge in [-0.1, -0.05) is 17.3 Å². The van der Waals surface area contributed by atoms with Gasteiger partial charge in [0.05, 0.1) is 13.0 Å². The Kier molecular flexibility index (Phi) is 7.14. The SMILES string of the molecule is CCOC(=O)CCN(CCCc1nc(-c2ccc(C)c(F)c2)no1)CC1CC1. The number of carbonyl (C=O) groups excluding carboxylic acids is 1. The molecule has 0 amide bonds. The first-order valence-corrected chi connectivity index (χ1v) is 10.0. The molecule has 28 heavy (non-hydrogen) atoms.